The van der Waals surface area contributed by atoms with Crippen molar-refractivity contribution >= 4 is 11.4 Å². The van der Waals surface area contributed by atoms with Crippen molar-refractivity contribution in [2.45, 2.75) is 12.8 Å². The Morgan fingerprint density at radius 2 is 1.81 bits per heavy atom. The minimum atomic E-state index is -0.363. The molecule has 1 aliphatic heterocycles. The molecule has 0 N–H and O–H groups in total. The van der Waals surface area contributed by atoms with Crippen molar-refractivity contribution in [3.8, 4) is 28.6 Å². The maximum absolute atomic E-state index is 11.5. The molecule has 1 fully saturated rings. The van der Waals surface area contributed by atoms with E-state index in [-0.39, 0.29) is 16.5 Å². The summed E-state index contributed by atoms with van der Waals surface area (Å²) in [7, 11) is 1.60. The lowest BCUT2D eigenvalue weighted by Gasteiger charge is -2.17. The van der Waals surface area contributed by atoms with Crippen LogP contribution in [0.3, 0.4) is 0 Å². The van der Waals surface area contributed by atoms with E-state index < -0.39 is 0 Å². The van der Waals surface area contributed by atoms with Crippen LogP contribution in [-0.2, 0) is 0 Å². The number of rotatable bonds is 5. The number of nitro benzene ring substituents is 1. The summed E-state index contributed by atoms with van der Waals surface area (Å²) in [4.78, 5) is 17.6. The molecule has 0 aliphatic carbocycles. The van der Waals surface area contributed by atoms with E-state index in [9.17, 15) is 10.1 Å². The third-order valence-corrected chi connectivity index (χ3v) is 4.64. The summed E-state index contributed by atoms with van der Waals surface area (Å²) in [5.74, 6) is 1.39. The van der Waals surface area contributed by atoms with E-state index >= 15 is 0 Å². The van der Waals surface area contributed by atoms with Crippen LogP contribution in [0.15, 0.2) is 47.0 Å². The second kappa shape index (κ2) is 7.06. The Hall–Kier alpha value is -3.42. The first-order valence-corrected chi connectivity index (χ1v) is 8.67. The van der Waals surface area contributed by atoms with Crippen molar-refractivity contribution in [3.05, 3.63) is 52.6 Å². The van der Waals surface area contributed by atoms with Crippen LogP contribution in [0, 0.1) is 10.1 Å². The second-order valence-electron chi connectivity index (χ2n) is 6.31. The Bertz CT molecular complexity index is 962. The molecule has 1 aliphatic rings. The van der Waals surface area contributed by atoms with Crippen LogP contribution < -0.4 is 9.64 Å². The fourth-order valence-electron chi connectivity index (χ4n) is 3.23. The highest BCUT2D eigenvalue weighted by atomic mass is 16.6. The fourth-order valence-corrected chi connectivity index (χ4v) is 3.23. The fraction of sp³-hybridized carbons (Fsp3) is 0.263. The molecule has 3 aromatic rings. The quantitative estimate of drug-likeness (QED) is 0.499. The van der Waals surface area contributed by atoms with Crippen molar-refractivity contribution in [1.82, 2.24) is 10.1 Å². The van der Waals surface area contributed by atoms with Gasteiger partial charge in [0, 0.05) is 30.3 Å². The van der Waals surface area contributed by atoms with Gasteiger partial charge in [0.2, 0.25) is 5.82 Å². The first kappa shape index (κ1) is 17.0. The molecular formula is C19H18N4O4. The summed E-state index contributed by atoms with van der Waals surface area (Å²) in [6, 6.07) is 12.3. The van der Waals surface area contributed by atoms with Crippen molar-refractivity contribution in [3.63, 3.8) is 0 Å². The van der Waals surface area contributed by atoms with Gasteiger partial charge in [-0.15, -0.1) is 0 Å². The van der Waals surface area contributed by atoms with Gasteiger partial charge in [0.15, 0.2) is 0 Å². The maximum Gasteiger partial charge on any atom is 0.293 e. The van der Waals surface area contributed by atoms with Crippen LogP contribution in [0.4, 0.5) is 11.4 Å². The molecule has 8 nitrogen and oxygen atoms in total. The van der Waals surface area contributed by atoms with Crippen molar-refractivity contribution < 1.29 is 14.2 Å². The molecule has 1 saturated heterocycles. The number of aromatic nitrogens is 2. The highest BCUT2D eigenvalue weighted by Gasteiger charge is 2.24. The molecule has 2 aromatic carbocycles. The molecule has 0 atom stereocenters. The first-order chi connectivity index (χ1) is 13.2. The zero-order chi connectivity index (χ0) is 18.8. The van der Waals surface area contributed by atoms with E-state index in [1.54, 1.807) is 31.4 Å². The van der Waals surface area contributed by atoms with E-state index in [1.807, 2.05) is 17.0 Å². The van der Waals surface area contributed by atoms with Crippen molar-refractivity contribution in [2.24, 2.45) is 0 Å². The van der Waals surface area contributed by atoms with Gasteiger partial charge < -0.3 is 14.2 Å². The topological polar surface area (TPSA) is 94.5 Å². The minimum Gasteiger partial charge on any atom is -0.497 e. The number of anilines is 1. The smallest absolute Gasteiger partial charge is 0.293 e. The molecule has 138 valence electrons. The van der Waals surface area contributed by atoms with Crippen LogP contribution in [0.5, 0.6) is 5.75 Å². The zero-order valence-electron chi connectivity index (χ0n) is 14.8. The van der Waals surface area contributed by atoms with E-state index in [4.69, 9.17) is 9.26 Å². The number of hydrogen-bond donors (Lipinski definition) is 0. The number of nitrogens with zero attached hydrogens (tertiary/aromatic N) is 4. The zero-order valence-corrected chi connectivity index (χ0v) is 14.8. The average molecular weight is 366 g/mol. The molecule has 0 amide bonds. The minimum absolute atomic E-state index is 0.0543. The van der Waals surface area contributed by atoms with Crippen LogP contribution in [0.1, 0.15) is 12.8 Å². The molecule has 0 bridgehead atoms. The summed E-state index contributed by atoms with van der Waals surface area (Å²) in [6.07, 6.45) is 2.10. The van der Waals surface area contributed by atoms with Gasteiger partial charge in [-0.3, -0.25) is 10.1 Å². The van der Waals surface area contributed by atoms with Gasteiger partial charge in [-0.25, -0.2) is 0 Å². The van der Waals surface area contributed by atoms with E-state index in [0.717, 1.165) is 37.2 Å². The van der Waals surface area contributed by atoms with Crippen LogP contribution in [0.2, 0.25) is 0 Å². The maximum atomic E-state index is 11.5. The van der Waals surface area contributed by atoms with Crippen LogP contribution in [-0.4, -0.2) is 35.3 Å². The molecule has 1 aromatic heterocycles. The number of methoxy groups -OCH3 is 1. The number of nitro groups is 1. The lowest BCUT2D eigenvalue weighted by atomic mass is 10.1. The number of hydrogen-bond acceptors (Lipinski definition) is 7. The van der Waals surface area contributed by atoms with E-state index in [0.29, 0.717) is 17.1 Å². The molecule has 0 saturated carbocycles. The first-order valence-electron chi connectivity index (χ1n) is 8.67. The summed E-state index contributed by atoms with van der Waals surface area (Å²) in [5.41, 5.74) is 1.99. The van der Waals surface area contributed by atoms with Gasteiger partial charge in [-0.1, -0.05) is 5.16 Å². The SMILES string of the molecule is COc1ccc(-c2noc(-c3ccc(N4CCCC4)c([N+](=O)[O-])c3)n2)cc1. The highest BCUT2D eigenvalue weighted by molar-refractivity contribution is 5.71. The predicted molar refractivity (Wildman–Crippen MR) is 99.8 cm³/mol. The third-order valence-electron chi connectivity index (χ3n) is 4.64. The molecule has 0 spiro atoms. The largest absolute Gasteiger partial charge is 0.497 e. The van der Waals surface area contributed by atoms with Crippen LogP contribution >= 0.6 is 0 Å². The molecule has 0 radical (unpaired) electrons. The van der Waals surface area contributed by atoms with Crippen molar-refractivity contribution in [2.75, 3.05) is 25.1 Å². The lowest BCUT2D eigenvalue weighted by molar-refractivity contribution is -0.384. The monoisotopic (exact) mass is 366 g/mol. The number of benzene rings is 2. The lowest BCUT2D eigenvalue weighted by Crippen LogP contribution is -2.18. The molecule has 8 heteroatoms. The van der Waals surface area contributed by atoms with Crippen LogP contribution in [0.25, 0.3) is 22.8 Å². The summed E-state index contributed by atoms with van der Waals surface area (Å²) < 4.78 is 10.5. The normalized spacial score (nSPS) is 13.7. The van der Waals surface area contributed by atoms with E-state index in [1.165, 1.54) is 6.07 Å². The highest BCUT2D eigenvalue weighted by Crippen LogP contribution is 2.35. The summed E-state index contributed by atoms with van der Waals surface area (Å²) in [5, 5.41) is 15.5. The summed E-state index contributed by atoms with van der Waals surface area (Å²) >= 11 is 0. The van der Waals surface area contributed by atoms with Gasteiger partial charge in [0.25, 0.3) is 11.6 Å². The van der Waals surface area contributed by atoms with E-state index in [2.05, 4.69) is 10.1 Å². The Morgan fingerprint density at radius 1 is 1.11 bits per heavy atom. The molecule has 2 heterocycles. The van der Waals surface area contributed by atoms with Gasteiger partial charge in [-0.2, -0.15) is 4.98 Å². The molecule has 27 heavy (non-hydrogen) atoms. The third kappa shape index (κ3) is 3.33. The van der Waals surface area contributed by atoms with Gasteiger partial charge in [0.05, 0.1) is 12.0 Å². The molecular weight excluding hydrogens is 348 g/mol. The van der Waals surface area contributed by atoms with Gasteiger partial charge in [-0.05, 0) is 49.2 Å². The van der Waals surface area contributed by atoms with Gasteiger partial charge in [0.1, 0.15) is 11.4 Å². The Labute approximate surface area is 155 Å². The second-order valence-corrected chi connectivity index (χ2v) is 6.31. The van der Waals surface area contributed by atoms with Crippen molar-refractivity contribution in [1.29, 1.82) is 0 Å². The number of ether oxygens (including phenoxy) is 1. The standard InChI is InChI=1S/C19H18N4O4/c1-26-15-7-4-13(5-8-15)18-20-19(27-21-18)14-6-9-16(17(12-14)23(24)25)22-10-2-3-11-22/h4-9,12H,2-3,10-11H2,1H3. The average Bonchev–Trinajstić information content (AvgIpc) is 3.40. The Morgan fingerprint density at radius 3 is 2.48 bits per heavy atom. The van der Waals surface area contributed by atoms with Gasteiger partial charge >= 0.3 is 0 Å². The molecule has 4 rings (SSSR count). The Kier molecular flexibility index (Phi) is 4.45. The Balaban J connectivity index is 1.66. The summed E-state index contributed by atoms with van der Waals surface area (Å²) in [6.45, 7) is 1.67. The predicted octanol–water partition coefficient (Wildman–Crippen LogP) is 3.92. The molecule has 0 unspecified atom stereocenters.